The van der Waals surface area contributed by atoms with Gasteiger partial charge in [-0.2, -0.15) is 0 Å². The van der Waals surface area contributed by atoms with Crippen molar-refractivity contribution >= 4 is 28.9 Å². The molecule has 6 heteroatoms. The minimum atomic E-state index is -0.0891. The Hall–Kier alpha value is -2.24. The first-order valence-electron chi connectivity index (χ1n) is 9.79. The number of amides is 1. The van der Waals surface area contributed by atoms with Crippen molar-refractivity contribution in [2.24, 2.45) is 5.92 Å². The Balaban J connectivity index is 1.60. The van der Waals surface area contributed by atoms with Crippen molar-refractivity contribution < 1.29 is 9.53 Å². The first kappa shape index (κ1) is 19.1. The molecule has 0 aliphatic carbocycles. The fraction of sp³-hybridized carbons (Fsp3) is 0.409. The lowest BCUT2D eigenvalue weighted by molar-refractivity contribution is -0.126. The molecule has 2 aliphatic heterocycles. The summed E-state index contributed by atoms with van der Waals surface area (Å²) < 4.78 is 5.08. The molecule has 1 N–H and O–H groups in total. The quantitative estimate of drug-likeness (QED) is 0.785. The molecule has 2 aliphatic rings. The zero-order valence-corrected chi connectivity index (χ0v) is 16.9. The van der Waals surface area contributed by atoms with E-state index >= 15 is 0 Å². The summed E-state index contributed by atoms with van der Waals surface area (Å²) in [5.41, 5.74) is 3.63. The van der Waals surface area contributed by atoms with E-state index in [0.717, 1.165) is 36.8 Å². The summed E-state index contributed by atoms with van der Waals surface area (Å²) in [6, 6.07) is 16.6. The van der Waals surface area contributed by atoms with Crippen molar-refractivity contribution in [3.05, 3.63) is 59.1 Å². The van der Waals surface area contributed by atoms with Gasteiger partial charge in [0.05, 0.1) is 18.6 Å². The number of hydrogen-bond donors (Lipinski definition) is 1. The molecule has 28 heavy (non-hydrogen) atoms. The van der Waals surface area contributed by atoms with Crippen LogP contribution in [0.5, 0.6) is 0 Å². The Labute approximate surface area is 171 Å². The highest BCUT2D eigenvalue weighted by Crippen LogP contribution is 2.37. The van der Waals surface area contributed by atoms with Gasteiger partial charge in [0.15, 0.2) is 0 Å². The lowest BCUT2D eigenvalue weighted by Crippen LogP contribution is -2.61. The molecular weight excluding hydrogens is 374 g/mol. The third kappa shape index (κ3) is 3.82. The fourth-order valence-electron chi connectivity index (χ4n) is 4.37. The van der Waals surface area contributed by atoms with Crippen molar-refractivity contribution in [1.82, 2.24) is 5.32 Å². The summed E-state index contributed by atoms with van der Waals surface area (Å²) >= 11 is 6.21. The molecule has 0 aromatic heterocycles. The molecule has 0 radical (unpaired) electrons. The molecule has 1 saturated heterocycles. The van der Waals surface area contributed by atoms with Crippen LogP contribution < -0.4 is 15.1 Å². The maximum atomic E-state index is 13.0. The van der Waals surface area contributed by atoms with Crippen molar-refractivity contribution in [2.45, 2.75) is 12.5 Å². The Morgan fingerprint density at radius 2 is 2.07 bits per heavy atom. The minimum absolute atomic E-state index is 0.0891. The highest BCUT2D eigenvalue weighted by Gasteiger charge is 2.41. The third-order valence-corrected chi connectivity index (χ3v) is 5.97. The topological polar surface area (TPSA) is 44.8 Å². The Morgan fingerprint density at radius 1 is 1.21 bits per heavy atom. The molecule has 0 spiro atoms. The highest BCUT2D eigenvalue weighted by molar-refractivity contribution is 6.30. The number of carbonyl (C=O) groups is 1. The number of fused-ring (bicyclic) bond motifs is 3. The number of para-hydroxylation sites is 1. The van der Waals surface area contributed by atoms with E-state index in [1.165, 1.54) is 11.3 Å². The number of rotatable bonds is 5. The number of nitrogens with zero attached hydrogens (tertiary/aromatic N) is 2. The van der Waals surface area contributed by atoms with E-state index in [1.807, 2.05) is 18.2 Å². The van der Waals surface area contributed by atoms with Crippen molar-refractivity contribution in [3.8, 4) is 0 Å². The Kier molecular flexibility index (Phi) is 5.74. The summed E-state index contributed by atoms with van der Waals surface area (Å²) in [5, 5.41) is 3.79. The van der Waals surface area contributed by atoms with Crippen LogP contribution >= 0.6 is 11.6 Å². The van der Waals surface area contributed by atoms with Crippen LogP contribution in [0.15, 0.2) is 48.5 Å². The second kappa shape index (κ2) is 8.41. The standard InChI is InChI=1S/C22H26ClN3O2/c1-28-12-9-24-22(27)19-13-16-5-2-3-8-20(16)26-11-10-25(15-21(19)26)18-7-4-6-17(23)14-18/h2-8,14,19,21H,9-13,15H2,1H3,(H,24,27)/t19-,21-/m1/s1. The largest absolute Gasteiger partial charge is 0.383 e. The smallest absolute Gasteiger partial charge is 0.225 e. The van der Waals surface area contributed by atoms with Gasteiger partial charge in [0.25, 0.3) is 0 Å². The van der Waals surface area contributed by atoms with Gasteiger partial charge in [-0.25, -0.2) is 0 Å². The Morgan fingerprint density at radius 3 is 2.89 bits per heavy atom. The predicted octanol–water partition coefficient (Wildman–Crippen LogP) is 2.97. The fourth-order valence-corrected chi connectivity index (χ4v) is 4.56. The summed E-state index contributed by atoms with van der Waals surface area (Å²) in [5.74, 6) is 0.0169. The molecule has 0 saturated carbocycles. The molecule has 1 fully saturated rings. The van der Waals surface area contributed by atoms with E-state index in [-0.39, 0.29) is 17.9 Å². The minimum Gasteiger partial charge on any atom is -0.383 e. The number of halogens is 1. The molecule has 1 amide bonds. The van der Waals surface area contributed by atoms with Crippen LogP contribution in [-0.2, 0) is 16.0 Å². The van der Waals surface area contributed by atoms with Gasteiger partial charge in [0, 0.05) is 49.7 Å². The monoisotopic (exact) mass is 399 g/mol. The molecular formula is C22H26ClN3O2. The van der Waals surface area contributed by atoms with Gasteiger partial charge in [-0.05, 0) is 36.2 Å². The van der Waals surface area contributed by atoms with Crippen LogP contribution in [0.4, 0.5) is 11.4 Å². The normalized spacial score (nSPS) is 21.1. The van der Waals surface area contributed by atoms with Gasteiger partial charge in [-0.3, -0.25) is 4.79 Å². The number of piperazine rings is 1. The van der Waals surface area contributed by atoms with E-state index in [0.29, 0.717) is 13.2 Å². The summed E-state index contributed by atoms with van der Waals surface area (Å²) in [4.78, 5) is 17.8. The highest BCUT2D eigenvalue weighted by atomic mass is 35.5. The molecule has 2 heterocycles. The second-order valence-corrected chi connectivity index (χ2v) is 7.85. The molecule has 4 rings (SSSR count). The zero-order valence-electron chi connectivity index (χ0n) is 16.1. The van der Waals surface area contributed by atoms with Crippen LogP contribution in [0.2, 0.25) is 5.02 Å². The average Bonchev–Trinajstić information content (AvgIpc) is 2.73. The second-order valence-electron chi connectivity index (χ2n) is 7.41. The van der Waals surface area contributed by atoms with Gasteiger partial charge in [-0.1, -0.05) is 35.9 Å². The van der Waals surface area contributed by atoms with E-state index in [1.54, 1.807) is 7.11 Å². The molecule has 5 nitrogen and oxygen atoms in total. The van der Waals surface area contributed by atoms with E-state index in [4.69, 9.17) is 16.3 Å². The number of methoxy groups -OCH3 is 1. The molecule has 2 aromatic rings. The third-order valence-electron chi connectivity index (χ3n) is 5.74. The summed E-state index contributed by atoms with van der Waals surface area (Å²) in [6.07, 6.45) is 0.763. The van der Waals surface area contributed by atoms with Gasteiger partial charge in [-0.15, -0.1) is 0 Å². The number of carbonyl (C=O) groups excluding carboxylic acids is 1. The molecule has 148 valence electrons. The lowest BCUT2D eigenvalue weighted by atomic mass is 9.83. The van der Waals surface area contributed by atoms with Crippen LogP contribution in [0, 0.1) is 5.92 Å². The maximum Gasteiger partial charge on any atom is 0.225 e. The molecule has 0 unspecified atom stereocenters. The molecule has 0 bridgehead atoms. The summed E-state index contributed by atoms with van der Waals surface area (Å²) in [6.45, 7) is 3.66. The lowest BCUT2D eigenvalue weighted by Gasteiger charge is -2.49. The first-order valence-corrected chi connectivity index (χ1v) is 10.2. The van der Waals surface area contributed by atoms with Gasteiger partial charge >= 0.3 is 0 Å². The van der Waals surface area contributed by atoms with Crippen LogP contribution in [-0.4, -0.2) is 51.8 Å². The van der Waals surface area contributed by atoms with Crippen LogP contribution in [0.25, 0.3) is 0 Å². The SMILES string of the molecule is COCCNC(=O)[C@@H]1Cc2ccccc2N2CCN(c3cccc(Cl)c3)C[C@H]12. The predicted molar refractivity (Wildman–Crippen MR) is 113 cm³/mol. The summed E-state index contributed by atoms with van der Waals surface area (Å²) in [7, 11) is 1.65. The Bertz CT molecular complexity index is 844. The van der Waals surface area contributed by atoms with Crippen LogP contribution in [0.1, 0.15) is 5.56 Å². The maximum absolute atomic E-state index is 13.0. The number of ether oxygens (including phenoxy) is 1. The number of benzene rings is 2. The average molecular weight is 400 g/mol. The van der Waals surface area contributed by atoms with E-state index in [9.17, 15) is 4.79 Å². The van der Waals surface area contributed by atoms with Crippen LogP contribution in [0.3, 0.4) is 0 Å². The number of hydrogen-bond acceptors (Lipinski definition) is 4. The van der Waals surface area contributed by atoms with E-state index < -0.39 is 0 Å². The van der Waals surface area contributed by atoms with Gasteiger partial charge in [0.1, 0.15) is 0 Å². The van der Waals surface area contributed by atoms with Gasteiger partial charge in [0.2, 0.25) is 5.91 Å². The number of anilines is 2. The molecule has 2 aromatic carbocycles. The van der Waals surface area contributed by atoms with E-state index in [2.05, 4.69) is 45.4 Å². The zero-order chi connectivity index (χ0) is 19.5. The first-order chi connectivity index (χ1) is 13.7. The van der Waals surface area contributed by atoms with Crippen molar-refractivity contribution in [2.75, 3.05) is 49.7 Å². The van der Waals surface area contributed by atoms with Gasteiger partial charge < -0.3 is 19.9 Å². The number of nitrogens with one attached hydrogen (secondary N) is 1. The molecule has 2 atom stereocenters. The van der Waals surface area contributed by atoms with Crippen molar-refractivity contribution in [1.29, 1.82) is 0 Å². The van der Waals surface area contributed by atoms with Crippen molar-refractivity contribution in [3.63, 3.8) is 0 Å².